The van der Waals surface area contributed by atoms with Crippen LogP contribution in [0.2, 0.25) is 0 Å². The maximum absolute atomic E-state index is 14.7. The Kier molecular flexibility index (Phi) is 10.6. The predicted molar refractivity (Wildman–Crippen MR) is 167 cm³/mol. The van der Waals surface area contributed by atoms with E-state index < -0.39 is 11.6 Å². The lowest BCUT2D eigenvalue weighted by Gasteiger charge is -2.32. The third-order valence-corrected chi connectivity index (χ3v) is 9.12. The Bertz CT molecular complexity index is 1400. The van der Waals surface area contributed by atoms with E-state index >= 15 is 0 Å². The van der Waals surface area contributed by atoms with Crippen molar-refractivity contribution >= 4 is 34.7 Å². The van der Waals surface area contributed by atoms with Gasteiger partial charge in [0.2, 0.25) is 17.8 Å². The first-order valence-electron chi connectivity index (χ1n) is 15.8. The van der Waals surface area contributed by atoms with Crippen LogP contribution in [0.25, 0.3) is 11.2 Å². The van der Waals surface area contributed by atoms with Crippen molar-refractivity contribution < 1.29 is 18.7 Å². The van der Waals surface area contributed by atoms with Crippen molar-refractivity contribution in [3.05, 3.63) is 36.0 Å². The number of rotatable bonds is 12. The molecule has 11 nitrogen and oxygen atoms in total. The Morgan fingerprint density at radius 1 is 1.07 bits per heavy atom. The lowest BCUT2D eigenvalue weighted by atomic mass is 9.85. The summed E-state index contributed by atoms with van der Waals surface area (Å²) in [4.78, 5) is 31.3. The van der Waals surface area contributed by atoms with Gasteiger partial charge in [0, 0.05) is 56.8 Å². The fraction of sp³-hybridized carbons (Fsp3) is 0.613. The molecule has 0 radical (unpaired) electrons. The second-order valence-electron chi connectivity index (χ2n) is 12.1. The zero-order valence-electron chi connectivity index (χ0n) is 25.7. The normalized spacial score (nSPS) is 22.3. The number of nitrogens with zero attached hydrogens (tertiary/aromatic N) is 6. The van der Waals surface area contributed by atoms with Gasteiger partial charge in [0.15, 0.2) is 5.65 Å². The van der Waals surface area contributed by atoms with Gasteiger partial charge in [0.05, 0.1) is 18.5 Å². The molecule has 0 atom stereocenters. The molecule has 2 fully saturated rings. The van der Waals surface area contributed by atoms with Crippen LogP contribution in [0, 0.1) is 17.6 Å². The van der Waals surface area contributed by atoms with E-state index in [1.807, 2.05) is 18.5 Å². The van der Waals surface area contributed by atoms with Crippen molar-refractivity contribution in [2.75, 3.05) is 50.5 Å². The fourth-order valence-corrected chi connectivity index (χ4v) is 6.42. The zero-order valence-corrected chi connectivity index (χ0v) is 25.7. The summed E-state index contributed by atoms with van der Waals surface area (Å²) in [6, 6.07) is 3.83. The second-order valence-corrected chi connectivity index (χ2v) is 12.1. The van der Waals surface area contributed by atoms with Crippen molar-refractivity contribution in [2.45, 2.75) is 76.4 Å². The van der Waals surface area contributed by atoms with Crippen molar-refractivity contribution in [3.63, 3.8) is 0 Å². The highest BCUT2D eigenvalue weighted by Crippen LogP contribution is 2.38. The Labute approximate surface area is 257 Å². The van der Waals surface area contributed by atoms with Crippen LogP contribution in [-0.4, -0.2) is 92.2 Å². The predicted octanol–water partition coefficient (Wildman–Crippen LogP) is 4.03. The molecule has 1 amide bonds. The molecular formula is C31H45F2N9O2. The van der Waals surface area contributed by atoms with E-state index in [0.717, 1.165) is 51.1 Å². The number of imidazole rings is 1. The number of likely N-dealkylation sites (N-methyl/N-ethyl adjacent to an activating group) is 2. The third-order valence-electron chi connectivity index (χ3n) is 9.12. The van der Waals surface area contributed by atoms with Gasteiger partial charge in [-0.2, -0.15) is 4.98 Å². The van der Waals surface area contributed by atoms with Gasteiger partial charge in [-0.3, -0.25) is 14.3 Å². The standard InChI is InChI=1S/C31H45F2N9O2/c1-3-41(16-17-43)15-14-40(2)29(44)20-4-11-24(12-5-20)42-28-27(38-31(42)37-26-13-6-21(32)18-25(26)33)19-35-30(39-28)36-23-9-7-22(34)8-10-23/h6,13,18-20,22-24,43H,3-5,7-12,14-17,34H2,1-2H3,(H,37,38)(H,35,36,39). The summed E-state index contributed by atoms with van der Waals surface area (Å²) in [5, 5.41) is 15.8. The van der Waals surface area contributed by atoms with Crippen LogP contribution in [0.15, 0.2) is 24.4 Å². The van der Waals surface area contributed by atoms with E-state index in [0.29, 0.717) is 55.5 Å². The number of fused-ring (bicyclic) bond motifs is 1. The summed E-state index contributed by atoms with van der Waals surface area (Å²) in [6.45, 7) is 4.88. The molecule has 5 rings (SSSR count). The monoisotopic (exact) mass is 613 g/mol. The number of amides is 1. The molecule has 0 bridgehead atoms. The Balaban J connectivity index is 1.34. The van der Waals surface area contributed by atoms with E-state index in [1.54, 1.807) is 11.1 Å². The van der Waals surface area contributed by atoms with Crippen LogP contribution in [0.1, 0.15) is 64.3 Å². The Morgan fingerprint density at radius 2 is 1.82 bits per heavy atom. The Hall–Kier alpha value is -3.42. The summed E-state index contributed by atoms with van der Waals surface area (Å²) in [7, 11) is 1.84. The van der Waals surface area contributed by atoms with E-state index in [4.69, 9.17) is 15.7 Å². The van der Waals surface area contributed by atoms with Gasteiger partial charge in [-0.15, -0.1) is 0 Å². The van der Waals surface area contributed by atoms with Crippen molar-refractivity contribution in [2.24, 2.45) is 11.7 Å². The average molecular weight is 614 g/mol. The molecule has 0 aliphatic heterocycles. The highest BCUT2D eigenvalue weighted by molar-refractivity contribution is 5.79. The molecule has 0 unspecified atom stereocenters. The second kappa shape index (κ2) is 14.6. The molecule has 3 aromatic rings. The molecule has 13 heteroatoms. The van der Waals surface area contributed by atoms with Crippen LogP contribution in [0.3, 0.4) is 0 Å². The lowest BCUT2D eigenvalue weighted by molar-refractivity contribution is -0.135. The topological polar surface area (TPSA) is 137 Å². The van der Waals surface area contributed by atoms with Crippen molar-refractivity contribution in [3.8, 4) is 0 Å². The number of hydrogen-bond acceptors (Lipinski definition) is 9. The summed E-state index contributed by atoms with van der Waals surface area (Å²) < 4.78 is 30.3. The fourth-order valence-electron chi connectivity index (χ4n) is 6.42. The minimum Gasteiger partial charge on any atom is -0.395 e. The largest absolute Gasteiger partial charge is 0.395 e. The maximum Gasteiger partial charge on any atom is 0.225 e. The van der Waals surface area contributed by atoms with Crippen LogP contribution in [-0.2, 0) is 4.79 Å². The summed E-state index contributed by atoms with van der Waals surface area (Å²) >= 11 is 0. The van der Waals surface area contributed by atoms with E-state index in [-0.39, 0.29) is 42.2 Å². The number of anilines is 3. The number of aliphatic hydroxyl groups excluding tert-OH is 1. The molecule has 240 valence electrons. The van der Waals surface area contributed by atoms with Crippen molar-refractivity contribution in [1.82, 2.24) is 29.3 Å². The van der Waals surface area contributed by atoms with Crippen LogP contribution < -0.4 is 16.4 Å². The molecule has 2 aliphatic carbocycles. The van der Waals surface area contributed by atoms with Gasteiger partial charge in [0.25, 0.3) is 0 Å². The van der Waals surface area contributed by atoms with Gasteiger partial charge in [0.1, 0.15) is 17.2 Å². The first-order valence-corrected chi connectivity index (χ1v) is 15.8. The summed E-state index contributed by atoms with van der Waals surface area (Å²) in [6.07, 6.45) is 8.30. The molecule has 1 aromatic carbocycles. The molecule has 2 aromatic heterocycles. The number of nitrogens with two attached hydrogens (primary N) is 1. The number of nitrogens with one attached hydrogen (secondary N) is 2. The highest BCUT2D eigenvalue weighted by Gasteiger charge is 2.32. The number of carbonyl (C=O) groups is 1. The maximum atomic E-state index is 14.7. The van der Waals surface area contributed by atoms with E-state index in [2.05, 4.69) is 20.5 Å². The number of hydrogen-bond donors (Lipinski definition) is 4. The first kappa shape index (κ1) is 32.0. The van der Waals surface area contributed by atoms with Gasteiger partial charge >= 0.3 is 0 Å². The molecule has 44 heavy (non-hydrogen) atoms. The zero-order chi connectivity index (χ0) is 31.2. The molecular weight excluding hydrogens is 568 g/mol. The average Bonchev–Trinajstić information content (AvgIpc) is 3.38. The van der Waals surface area contributed by atoms with Crippen LogP contribution >= 0.6 is 0 Å². The molecule has 2 saturated carbocycles. The smallest absolute Gasteiger partial charge is 0.225 e. The van der Waals surface area contributed by atoms with Crippen LogP contribution in [0.4, 0.5) is 26.4 Å². The third kappa shape index (κ3) is 7.62. The summed E-state index contributed by atoms with van der Waals surface area (Å²) in [5.41, 5.74) is 7.38. The molecule has 5 N–H and O–H groups in total. The number of aromatic nitrogens is 4. The van der Waals surface area contributed by atoms with Gasteiger partial charge in [-0.05, 0) is 70.0 Å². The Morgan fingerprint density at radius 3 is 2.50 bits per heavy atom. The minimum absolute atomic E-state index is 0.0315. The number of halogens is 2. The SMILES string of the molecule is CCN(CCO)CCN(C)C(=O)C1CCC(n2c(Nc3ccc(F)cc3F)nc3cnc(NC4CCC(N)CC4)nc32)CC1. The number of carbonyl (C=O) groups excluding carboxylic acids is 1. The van der Waals surface area contributed by atoms with E-state index in [1.165, 1.54) is 12.1 Å². The molecule has 2 heterocycles. The van der Waals surface area contributed by atoms with Gasteiger partial charge in [-0.1, -0.05) is 6.92 Å². The van der Waals surface area contributed by atoms with Crippen LogP contribution in [0.5, 0.6) is 0 Å². The quantitative estimate of drug-likeness (QED) is 0.239. The number of benzene rings is 1. The molecule has 0 spiro atoms. The van der Waals surface area contributed by atoms with E-state index in [9.17, 15) is 18.7 Å². The van der Waals surface area contributed by atoms with Gasteiger partial charge in [-0.25, -0.2) is 18.7 Å². The molecule has 2 aliphatic rings. The highest BCUT2D eigenvalue weighted by atomic mass is 19.1. The molecule has 0 saturated heterocycles. The summed E-state index contributed by atoms with van der Waals surface area (Å²) in [5.74, 6) is -0.426. The van der Waals surface area contributed by atoms with Gasteiger partial charge < -0.3 is 26.4 Å². The number of aliphatic hydroxyl groups is 1. The minimum atomic E-state index is -0.717. The van der Waals surface area contributed by atoms with Crippen molar-refractivity contribution in [1.29, 1.82) is 0 Å². The first-order chi connectivity index (χ1) is 21.2. The lowest BCUT2D eigenvalue weighted by Crippen LogP contribution is -2.40.